The van der Waals surface area contributed by atoms with Crippen LogP contribution >= 0.6 is 0 Å². The van der Waals surface area contributed by atoms with Crippen molar-refractivity contribution < 1.29 is 9.59 Å². The van der Waals surface area contributed by atoms with Gasteiger partial charge in [-0.25, -0.2) is 0 Å². The van der Waals surface area contributed by atoms with Gasteiger partial charge in [0.1, 0.15) is 0 Å². The van der Waals surface area contributed by atoms with Gasteiger partial charge in [-0.1, -0.05) is 30.3 Å². The third-order valence-electron chi connectivity index (χ3n) is 4.60. The minimum absolute atomic E-state index is 0.0227. The van der Waals surface area contributed by atoms with E-state index in [1.54, 1.807) is 4.90 Å². The average Bonchev–Trinajstić information content (AvgIpc) is 3.37. The first kappa shape index (κ1) is 17.5. The molecule has 1 aromatic carbocycles. The highest BCUT2D eigenvalue weighted by atomic mass is 16.2. The quantitative estimate of drug-likeness (QED) is 0.766. The van der Waals surface area contributed by atoms with Gasteiger partial charge in [-0.3, -0.25) is 9.59 Å². The number of hydrogen-bond donors (Lipinski definition) is 2. The first-order chi connectivity index (χ1) is 10.9. The zero-order valence-corrected chi connectivity index (χ0v) is 14.0. The van der Waals surface area contributed by atoms with Crippen LogP contribution in [0.4, 0.5) is 0 Å². The van der Waals surface area contributed by atoms with Crippen LogP contribution in [0.15, 0.2) is 30.3 Å². The lowest BCUT2D eigenvalue weighted by Gasteiger charge is -2.30. The maximum atomic E-state index is 12.2. The maximum Gasteiger partial charge on any atom is 0.222 e. The Morgan fingerprint density at radius 2 is 1.96 bits per heavy atom. The predicted octanol–water partition coefficient (Wildman–Crippen LogP) is 1.67. The van der Waals surface area contributed by atoms with Gasteiger partial charge in [0.15, 0.2) is 0 Å². The highest BCUT2D eigenvalue weighted by Gasteiger charge is 2.41. The number of hydrogen-bond acceptors (Lipinski definition) is 3. The third-order valence-corrected chi connectivity index (χ3v) is 4.60. The summed E-state index contributed by atoms with van der Waals surface area (Å²) in [6.07, 6.45) is 2.55. The monoisotopic (exact) mass is 317 g/mol. The molecule has 126 valence electrons. The van der Waals surface area contributed by atoms with Crippen LogP contribution in [0.2, 0.25) is 0 Å². The van der Waals surface area contributed by atoms with E-state index in [9.17, 15) is 9.59 Å². The van der Waals surface area contributed by atoms with Crippen LogP contribution in [0.5, 0.6) is 0 Å². The smallest absolute Gasteiger partial charge is 0.222 e. The summed E-state index contributed by atoms with van der Waals surface area (Å²) in [4.78, 5) is 25.7. The Kier molecular flexibility index (Phi) is 5.77. The molecule has 0 spiro atoms. The molecule has 2 amide bonds. The predicted molar refractivity (Wildman–Crippen MR) is 90.5 cm³/mol. The number of nitrogens with two attached hydrogens (primary N) is 1. The maximum absolute atomic E-state index is 12.2. The fourth-order valence-electron chi connectivity index (χ4n) is 2.81. The van der Waals surface area contributed by atoms with Gasteiger partial charge in [0, 0.05) is 33.0 Å². The third kappa shape index (κ3) is 5.06. The van der Waals surface area contributed by atoms with Crippen molar-refractivity contribution in [2.75, 3.05) is 13.1 Å². The van der Waals surface area contributed by atoms with E-state index in [1.807, 2.05) is 37.3 Å². The topological polar surface area (TPSA) is 75.4 Å². The molecule has 0 aromatic heterocycles. The van der Waals surface area contributed by atoms with Crippen LogP contribution in [-0.4, -0.2) is 35.3 Å². The Labute approximate surface area is 138 Å². The first-order valence-corrected chi connectivity index (χ1v) is 8.25. The standard InChI is InChI=1S/C18H27N3O2/c1-14(22)21(12-15-6-4-3-5-7-15)11-10-17(23)20-18(2,13-19)16-8-9-16/h3-7,16H,8-13,19H2,1-2H3,(H,20,23). The minimum atomic E-state index is -0.308. The molecule has 1 unspecified atom stereocenters. The number of carbonyl (C=O) groups is 2. The second-order valence-electron chi connectivity index (χ2n) is 6.62. The fourth-order valence-corrected chi connectivity index (χ4v) is 2.81. The molecule has 5 nitrogen and oxygen atoms in total. The molecule has 1 atom stereocenters. The zero-order chi connectivity index (χ0) is 16.9. The van der Waals surface area contributed by atoms with Gasteiger partial charge in [0.2, 0.25) is 11.8 Å². The summed E-state index contributed by atoms with van der Waals surface area (Å²) in [5.74, 6) is 0.430. The largest absolute Gasteiger partial charge is 0.349 e. The summed E-state index contributed by atoms with van der Waals surface area (Å²) in [7, 11) is 0. The molecule has 1 fully saturated rings. The Hall–Kier alpha value is -1.88. The van der Waals surface area contributed by atoms with Crippen LogP contribution in [0, 0.1) is 5.92 Å². The van der Waals surface area contributed by atoms with Gasteiger partial charge < -0.3 is 16.0 Å². The lowest BCUT2D eigenvalue weighted by molar-refractivity contribution is -0.130. The molecule has 0 radical (unpaired) electrons. The minimum Gasteiger partial charge on any atom is -0.349 e. The highest BCUT2D eigenvalue weighted by molar-refractivity contribution is 5.78. The van der Waals surface area contributed by atoms with Crippen molar-refractivity contribution in [1.82, 2.24) is 10.2 Å². The molecule has 1 aliphatic carbocycles. The number of nitrogens with one attached hydrogen (secondary N) is 1. The molecule has 3 N–H and O–H groups in total. The van der Waals surface area contributed by atoms with Crippen molar-refractivity contribution in [3.05, 3.63) is 35.9 Å². The van der Waals surface area contributed by atoms with Crippen LogP contribution < -0.4 is 11.1 Å². The molecule has 5 heteroatoms. The van der Waals surface area contributed by atoms with Crippen LogP contribution in [0.1, 0.15) is 38.7 Å². The van der Waals surface area contributed by atoms with Crippen LogP contribution in [-0.2, 0) is 16.1 Å². The van der Waals surface area contributed by atoms with E-state index < -0.39 is 0 Å². The number of rotatable bonds is 8. The summed E-state index contributed by atoms with van der Waals surface area (Å²) in [6, 6.07) is 9.80. The van der Waals surface area contributed by atoms with E-state index in [-0.39, 0.29) is 17.4 Å². The van der Waals surface area contributed by atoms with E-state index in [0.29, 0.717) is 32.0 Å². The van der Waals surface area contributed by atoms with Gasteiger partial charge in [-0.05, 0) is 31.2 Å². The Balaban J connectivity index is 1.86. The zero-order valence-electron chi connectivity index (χ0n) is 14.0. The summed E-state index contributed by atoms with van der Waals surface area (Å²) < 4.78 is 0. The average molecular weight is 317 g/mol. The molecule has 0 heterocycles. The van der Waals surface area contributed by atoms with Crippen molar-refractivity contribution in [2.45, 2.75) is 45.2 Å². The number of nitrogens with zero attached hydrogens (tertiary/aromatic N) is 1. The molecular formula is C18H27N3O2. The fraction of sp³-hybridized carbons (Fsp3) is 0.556. The summed E-state index contributed by atoms with van der Waals surface area (Å²) in [5.41, 5.74) is 6.58. The normalized spacial score (nSPS) is 16.5. The Bertz CT molecular complexity index is 542. The summed E-state index contributed by atoms with van der Waals surface area (Å²) in [5, 5.41) is 3.06. The summed E-state index contributed by atoms with van der Waals surface area (Å²) >= 11 is 0. The van der Waals surface area contributed by atoms with Crippen molar-refractivity contribution in [3.8, 4) is 0 Å². The van der Waals surface area contributed by atoms with E-state index in [4.69, 9.17) is 5.73 Å². The van der Waals surface area contributed by atoms with E-state index >= 15 is 0 Å². The lowest BCUT2D eigenvalue weighted by atomic mass is 9.96. The highest BCUT2D eigenvalue weighted by Crippen LogP contribution is 2.38. The van der Waals surface area contributed by atoms with E-state index in [0.717, 1.165) is 18.4 Å². The number of carbonyl (C=O) groups excluding carboxylic acids is 2. The van der Waals surface area contributed by atoms with Crippen molar-refractivity contribution >= 4 is 11.8 Å². The molecular weight excluding hydrogens is 290 g/mol. The second-order valence-corrected chi connectivity index (χ2v) is 6.62. The molecule has 0 saturated heterocycles. The molecule has 0 aliphatic heterocycles. The molecule has 1 saturated carbocycles. The van der Waals surface area contributed by atoms with Gasteiger partial charge in [0.25, 0.3) is 0 Å². The molecule has 2 rings (SSSR count). The van der Waals surface area contributed by atoms with Crippen molar-refractivity contribution in [1.29, 1.82) is 0 Å². The SMILES string of the molecule is CC(=O)N(CCC(=O)NC(C)(CN)C1CC1)Cc1ccccc1. The van der Waals surface area contributed by atoms with E-state index in [2.05, 4.69) is 5.32 Å². The summed E-state index contributed by atoms with van der Waals surface area (Å²) in [6.45, 7) is 4.94. The van der Waals surface area contributed by atoms with Gasteiger partial charge in [0.05, 0.1) is 5.54 Å². The molecule has 1 aromatic rings. The molecule has 23 heavy (non-hydrogen) atoms. The Morgan fingerprint density at radius 3 is 2.48 bits per heavy atom. The van der Waals surface area contributed by atoms with Crippen LogP contribution in [0.3, 0.4) is 0 Å². The van der Waals surface area contributed by atoms with Gasteiger partial charge >= 0.3 is 0 Å². The molecule has 1 aliphatic rings. The molecule has 0 bridgehead atoms. The number of benzene rings is 1. The Morgan fingerprint density at radius 1 is 1.30 bits per heavy atom. The second kappa shape index (κ2) is 7.59. The van der Waals surface area contributed by atoms with E-state index in [1.165, 1.54) is 6.92 Å². The number of amides is 2. The van der Waals surface area contributed by atoms with Crippen molar-refractivity contribution in [2.24, 2.45) is 11.7 Å². The van der Waals surface area contributed by atoms with Crippen LogP contribution in [0.25, 0.3) is 0 Å². The lowest BCUT2D eigenvalue weighted by Crippen LogP contribution is -2.53. The first-order valence-electron chi connectivity index (χ1n) is 8.25. The van der Waals surface area contributed by atoms with Crippen molar-refractivity contribution in [3.63, 3.8) is 0 Å². The van der Waals surface area contributed by atoms with Gasteiger partial charge in [-0.2, -0.15) is 0 Å². The van der Waals surface area contributed by atoms with Gasteiger partial charge in [-0.15, -0.1) is 0 Å².